The largest absolute Gasteiger partial charge is 0.374 e. The molecule has 6 nitrogen and oxygen atoms in total. The summed E-state index contributed by atoms with van der Waals surface area (Å²) in [5.74, 6) is 5.75. The van der Waals surface area contributed by atoms with Crippen LogP contribution >= 0.6 is 15.9 Å². The number of hydrazine groups is 1. The highest BCUT2D eigenvalue weighted by atomic mass is 79.9. The molecule has 0 aromatic carbocycles. The van der Waals surface area contributed by atoms with Gasteiger partial charge in [-0.1, -0.05) is 6.92 Å². The summed E-state index contributed by atoms with van der Waals surface area (Å²) in [5.41, 5.74) is 5.05. The van der Waals surface area contributed by atoms with Crippen LogP contribution in [0.5, 0.6) is 0 Å². The molecule has 114 valence electrons. The van der Waals surface area contributed by atoms with Gasteiger partial charge in [0.15, 0.2) is 0 Å². The van der Waals surface area contributed by atoms with E-state index in [4.69, 9.17) is 10.6 Å². The van der Waals surface area contributed by atoms with Crippen molar-refractivity contribution in [1.29, 1.82) is 0 Å². The smallest absolute Gasteiger partial charge is 0.0872 e. The van der Waals surface area contributed by atoms with E-state index in [2.05, 4.69) is 38.3 Å². The normalized spacial score (nSPS) is 22.1. The van der Waals surface area contributed by atoms with Gasteiger partial charge < -0.3 is 4.74 Å². The topological polar surface area (TPSA) is 68.3 Å². The minimum Gasteiger partial charge on any atom is -0.374 e. The van der Waals surface area contributed by atoms with Crippen LogP contribution in [-0.2, 0) is 18.2 Å². The van der Waals surface area contributed by atoms with E-state index in [9.17, 15) is 0 Å². The number of nitrogens with one attached hydrogen (secondary N) is 1. The van der Waals surface area contributed by atoms with Crippen LogP contribution in [0.4, 0.5) is 0 Å². The Morgan fingerprint density at radius 3 is 2.90 bits per heavy atom. The van der Waals surface area contributed by atoms with Gasteiger partial charge in [0.25, 0.3) is 0 Å². The number of halogens is 1. The van der Waals surface area contributed by atoms with Gasteiger partial charge in [-0.15, -0.1) is 0 Å². The van der Waals surface area contributed by atoms with Gasteiger partial charge >= 0.3 is 0 Å². The van der Waals surface area contributed by atoms with Crippen molar-refractivity contribution in [2.24, 2.45) is 12.9 Å². The van der Waals surface area contributed by atoms with Crippen LogP contribution in [0.25, 0.3) is 0 Å². The quantitative estimate of drug-likeness (QED) is 0.603. The van der Waals surface area contributed by atoms with Gasteiger partial charge in [0.2, 0.25) is 0 Å². The average molecular weight is 346 g/mol. The zero-order valence-corrected chi connectivity index (χ0v) is 14.0. The highest BCUT2D eigenvalue weighted by molar-refractivity contribution is 9.10. The van der Waals surface area contributed by atoms with Crippen molar-refractivity contribution in [2.45, 2.75) is 32.4 Å². The Bertz CT molecular complexity index is 450. The zero-order chi connectivity index (χ0) is 14.7. The Morgan fingerprint density at radius 2 is 2.35 bits per heavy atom. The average Bonchev–Trinajstić information content (AvgIpc) is 2.70. The molecule has 1 fully saturated rings. The van der Waals surface area contributed by atoms with E-state index in [0.717, 1.165) is 48.5 Å². The van der Waals surface area contributed by atoms with E-state index in [1.165, 1.54) is 0 Å². The molecule has 1 aliphatic rings. The van der Waals surface area contributed by atoms with Crippen LogP contribution in [0.15, 0.2) is 4.47 Å². The first-order valence-electron chi connectivity index (χ1n) is 7.04. The van der Waals surface area contributed by atoms with E-state index < -0.39 is 0 Å². The fraction of sp³-hybridized carbons (Fsp3) is 0.769. The zero-order valence-electron chi connectivity index (χ0n) is 12.4. The number of hydrogen-bond acceptors (Lipinski definition) is 5. The summed E-state index contributed by atoms with van der Waals surface area (Å²) in [6.45, 7) is 7.90. The molecule has 1 aliphatic heterocycles. The van der Waals surface area contributed by atoms with Crippen molar-refractivity contribution in [1.82, 2.24) is 20.1 Å². The lowest BCUT2D eigenvalue weighted by Crippen LogP contribution is -2.54. The Morgan fingerprint density at radius 1 is 1.60 bits per heavy atom. The molecule has 0 amide bonds. The number of morpholine rings is 1. The second-order valence-electron chi connectivity index (χ2n) is 5.25. The number of ether oxygens (including phenoxy) is 1. The molecule has 20 heavy (non-hydrogen) atoms. The van der Waals surface area contributed by atoms with E-state index in [-0.39, 0.29) is 12.1 Å². The number of aryl methyl sites for hydroxylation is 2. The first-order valence-corrected chi connectivity index (χ1v) is 7.84. The third kappa shape index (κ3) is 3.40. The summed E-state index contributed by atoms with van der Waals surface area (Å²) in [5, 5.41) is 4.42. The molecule has 2 rings (SSSR count). The van der Waals surface area contributed by atoms with Gasteiger partial charge in [0.1, 0.15) is 0 Å². The van der Waals surface area contributed by atoms with Gasteiger partial charge in [0, 0.05) is 26.6 Å². The molecule has 2 unspecified atom stereocenters. The summed E-state index contributed by atoms with van der Waals surface area (Å²) >= 11 is 3.61. The molecule has 1 saturated heterocycles. The number of likely N-dealkylation sites (N-methyl/N-ethyl adjacent to an activating group) is 1. The summed E-state index contributed by atoms with van der Waals surface area (Å²) in [6, 6.07) is 0.0791. The van der Waals surface area contributed by atoms with Crippen LogP contribution in [0.1, 0.15) is 18.3 Å². The first kappa shape index (κ1) is 15.9. The number of nitrogens with zero attached hydrogens (tertiary/aromatic N) is 3. The van der Waals surface area contributed by atoms with Gasteiger partial charge in [0.05, 0.1) is 34.6 Å². The Labute approximate surface area is 128 Å². The summed E-state index contributed by atoms with van der Waals surface area (Å²) in [4.78, 5) is 2.39. The molecule has 0 radical (unpaired) electrons. The molecule has 3 N–H and O–H groups in total. The second kappa shape index (κ2) is 7.00. The maximum Gasteiger partial charge on any atom is 0.0872 e. The number of rotatable bonds is 5. The lowest BCUT2D eigenvalue weighted by atomic mass is 10.0. The van der Waals surface area contributed by atoms with Crippen LogP contribution in [0.3, 0.4) is 0 Å². The lowest BCUT2D eigenvalue weighted by molar-refractivity contribution is -0.0450. The summed E-state index contributed by atoms with van der Waals surface area (Å²) < 4.78 is 8.86. The van der Waals surface area contributed by atoms with Crippen molar-refractivity contribution in [3.05, 3.63) is 15.9 Å². The van der Waals surface area contributed by atoms with Gasteiger partial charge in [-0.2, -0.15) is 5.10 Å². The fourth-order valence-electron chi connectivity index (χ4n) is 2.67. The SMILES string of the molecule is CCN1CCOC(C(Cc2c(Br)c(C)nn2C)NN)C1. The molecule has 0 saturated carbocycles. The third-order valence-electron chi connectivity index (χ3n) is 3.96. The van der Waals surface area contributed by atoms with Gasteiger partial charge in [-0.25, -0.2) is 0 Å². The van der Waals surface area contributed by atoms with Crippen LogP contribution < -0.4 is 11.3 Å². The van der Waals surface area contributed by atoms with Gasteiger partial charge in [-0.3, -0.25) is 20.9 Å². The molecular formula is C13H24BrN5O. The Kier molecular flexibility index (Phi) is 5.57. The standard InChI is InChI=1S/C13H24BrN5O/c1-4-19-5-6-20-12(8-19)10(16-15)7-11-13(14)9(2)17-18(11)3/h10,12,16H,4-8,15H2,1-3H3. The molecule has 1 aromatic rings. The summed E-state index contributed by atoms with van der Waals surface area (Å²) in [6.07, 6.45) is 0.896. The molecule has 2 heterocycles. The van der Waals surface area contributed by atoms with Crippen LogP contribution in [0.2, 0.25) is 0 Å². The highest BCUT2D eigenvalue weighted by Gasteiger charge is 2.28. The summed E-state index contributed by atoms with van der Waals surface area (Å²) in [7, 11) is 1.96. The van der Waals surface area contributed by atoms with Crippen molar-refractivity contribution in [2.75, 3.05) is 26.2 Å². The van der Waals surface area contributed by atoms with E-state index in [1.54, 1.807) is 0 Å². The second-order valence-corrected chi connectivity index (χ2v) is 6.04. The maximum atomic E-state index is 5.89. The van der Waals surface area contributed by atoms with E-state index >= 15 is 0 Å². The lowest BCUT2D eigenvalue weighted by Gasteiger charge is -2.36. The molecule has 2 atom stereocenters. The van der Waals surface area contributed by atoms with Crippen molar-refractivity contribution >= 4 is 15.9 Å². The predicted octanol–water partition coefficient (Wildman–Crippen LogP) is 0.586. The Hall–Kier alpha value is -0.470. The van der Waals surface area contributed by atoms with Crippen molar-refractivity contribution in [3.8, 4) is 0 Å². The minimum atomic E-state index is 0.0791. The monoisotopic (exact) mass is 345 g/mol. The minimum absolute atomic E-state index is 0.0791. The fourth-order valence-corrected chi connectivity index (χ4v) is 3.17. The number of hydrogen-bond donors (Lipinski definition) is 2. The number of nitrogens with two attached hydrogens (primary N) is 1. The molecule has 0 bridgehead atoms. The molecule has 0 spiro atoms. The van der Waals surface area contributed by atoms with E-state index in [0.29, 0.717) is 0 Å². The molecule has 1 aromatic heterocycles. The maximum absolute atomic E-state index is 5.89. The number of aromatic nitrogens is 2. The van der Waals surface area contributed by atoms with Crippen LogP contribution in [-0.4, -0.2) is 53.1 Å². The van der Waals surface area contributed by atoms with Crippen molar-refractivity contribution < 1.29 is 4.74 Å². The van der Waals surface area contributed by atoms with Crippen molar-refractivity contribution in [3.63, 3.8) is 0 Å². The predicted molar refractivity (Wildman–Crippen MR) is 82.3 cm³/mol. The van der Waals surface area contributed by atoms with E-state index in [1.807, 2.05) is 18.7 Å². The third-order valence-corrected chi connectivity index (χ3v) is 4.99. The van der Waals surface area contributed by atoms with Crippen LogP contribution in [0, 0.1) is 6.92 Å². The molecular weight excluding hydrogens is 322 g/mol. The highest BCUT2D eigenvalue weighted by Crippen LogP contribution is 2.23. The Balaban J connectivity index is 2.08. The molecule has 7 heteroatoms. The molecule has 0 aliphatic carbocycles. The van der Waals surface area contributed by atoms with Gasteiger partial charge in [-0.05, 0) is 29.4 Å². The first-order chi connectivity index (χ1) is 9.56.